The molecule has 2 aromatic rings. The molecule has 0 aromatic carbocycles. The minimum absolute atomic E-state index is 0.205. The van der Waals surface area contributed by atoms with E-state index in [4.69, 9.17) is 4.74 Å². The SMILES string of the molecule is O=C(COC(=O)c1csc(-c2cccs2)n1)NC1CCCCCCC1. The Balaban J connectivity index is 1.46. The van der Waals surface area contributed by atoms with Gasteiger partial charge in [0.1, 0.15) is 5.01 Å². The number of thiazole rings is 1. The van der Waals surface area contributed by atoms with Crippen LogP contribution in [0.15, 0.2) is 22.9 Å². The Hall–Kier alpha value is -1.73. The third kappa shape index (κ3) is 5.37. The fourth-order valence-electron chi connectivity index (χ4n) is 2.96. The molecular weight excluding hydrogens is 356 g/mol. The lowest BCUT2D eigenvalue weighted by molar-refractivity contribution is -0.125. The number of carbonyl (C=O) groups is 2. The smallest absolute Gasteiger partial charge is 0.358 e. The van der Waals surface area contributed by atoms with Crippen molar-refractivity contribution in [1.82, 2.24) is 10.3 Å². The highest BCUT2D eigenvalue weighted by Gasteiger charge is 2.17. The summed E-state index contributed by atoms with van der Waals surface area (Å²) in [5, 5.41) is 7.42. The first-order valence-corrected chi connectivity index (χ1v) is 10.4. The first kappa shape index (κ1) is 18.1. The van der Waals surface area contributed by atoms with Crippen LogP contribution in [0.25, 0.3) is 9.88 Å². The molecule has 1 N–H and O–H groups in total. The fraction of sp³-hybridized carbons (Fsp3) is 0.500. The summed E-state index contributed by atoms with van der Waals surface area (Å²) in [6.07, 6.45) is 8.07. The van der Waals surface area contributed by atoms with Crippen LogP contribution in [0.3, 0.4) is 0 Å². The monoisotopic (exact) mass is 378 g/mol. The lowest BCUT2D eigenvalue weighted by Crippen LogP contribution is -2.38. The molecule has 1 aliphatic rings. The van der Waals surface area contributed by atoms with E-state index < -0.39 is 5.97 Å². The molecule has 1 saturated carbocycles. The van der Waals surface area contributed by atoms with E-state index in [1.807, 2.05) is 17.5 Å². The van der Waals surface area contributed by atoms with Gasteiger partial charge in [0.25, 0.3) is 5.91 Å². The van der Waals surface area contributed by atoms with Crippen LogP contribution in [0.1, 0.15) is 55.4 Å². The molecule has 1 aliphatic carbocycles. The Morgan fingerprint density at radius 1 is 1.16 bits per heavy atom. The van der Waals surface area contributed by atoms with E-state index in [1.165, 1.54) is 30.6 Å². The minimum Gasteiger partial charge on any atom is -0.451 e. The molecule has 1 amide bonds. The highest BCUT2D eigenvalue weighted by Crippen LogP contribution is 2.27. The molecule has 0 aliphatic heterocycles. The average molecular weight is 379 g/mol. The van der Waals surface area contributed by atoms with Gasteiger partial charge in [-0.3, -0.25) is 4.79 Å². The third-order valence-corrected chi connectivity index (χ3v) is 6.13. The molecule has 0 radical (unpaired) electrons. The van der Waals surface area contributed by atoms with Gasteiger partial charge in [0, 0.05) is 11.4 Å². The maximum absolute atomic E-state index is 12.1. The van der Waals surface area contributed by atoms with Gasteiger partial charge in [-0.25, -0.2) is 9.78 Å². The molecule has 0 unspecified atom stereocenters. The van der Waals surface area contributed by atoms with Crippen LogP contribution in [-0.4, -0.2) is 29.5 Å². The van der Waals surface area contributed by atoms with Crippen molar-refractivity contribution in [3.05, 3.63) is 28.6 Å². The second kappa shape index (κ2) is 9.10. The maximum atomic E-state index is 12.1. The molecule has 0 saturated heterocycles. The lowest BCUT2D eigenvalue weighted by Gasteiger charge is -2.20. The molecule has 5 nitrogen and oxygen atoms in total. The van der Waals surface area contributed by atoms with Gasteiger partial charge in [-0.15, -0.1) is 22.7 Å². The van der Waals surface area contributed by atoms with Gasteiger partial charge in [0.15, 0.2) is 12.3 Å². The van der Waals surface area contributed by atoms with E-state index in [0.29, 0.717) is 0 Å². The van der Waals surface area contributed by atoms with E-state index in [1.54, 1.807) is 16.7 Å². The van der Waals surface area contributed by atoms with Gasteiger partial charge in [-0.1, -0.05) is 38.2 Å². The number of aromatic nitrogens is 1. The Kier molecular flexibility index (Phi) is 6.58. The molecule has 1 fully saturated rings. The number of ether oxygens (including phenoxy) is 1. The number of amides is 1. The number of esters is 1. The van der Waals surface area contributed by atoms with Crippen molar-refractivity contribution in [3.63, 3.8) is 0 Å². The quantitative estimate of drug-likeness (QED) is 0.790. The topological polar surface area (TPSA) is 68.3 Å². The minimum atomic E-state index is -0.549. The summed E-state index contributed by atoms with van der Waals surface area (Å²) < 4.78 is 5.11. The van der Waals surface area contributed by atoms with Gasteiger partial charge in [0.05, 0.1) is 4.88 Å². The van der Waals surface area contributed by atoms with Gasteiger partial charge in [-0.05, 0) is 24.3 Å². The largest absolute Gasteiger partial charge is 0.451 e. The Morgan fingerprint density at radius 3 is 2.64 bits per heavy atom. The Morgan fingerprint density at radius 2 is 1.92 bits per heavy atom. The van der Waals surface area contributed by atoms with Crippen molar-refractivity contribution in [2.45, 2.75) is 51.0 Å². The highest BCUT2D eigenvalue weighted by atomic mass is 32.1. The van der Waals surface area contributed by atoms with E-state index in [0.717, 1.165) is 35.6 Å². The molecule has 134 valence electrons. The lowest BCUT2D eigenvalue weighted by atomic mass is 9.97. The summed E-state index contributed by atoms with van der Waals surface area (Å²) in [6.45, 7) is -0.249. The third-order valence-electron chi connectivity index (χ3n) is 4.25. The first-order chi connectivity index (χ1) is 12.2. The van der Waals surface area contributed by atoms with Crippen molar-refractivity contribution in [3.8, 4) is 9.88 Å². The summed E-state index contributed by atoms with van der Waals surface area (Å²) in [6, 6.07) is 4.11. The molecule has 2 aromatic heterocycles. The van der Waals surface area contributed by atoms with Crippen LogP contribution >= 0.6 is 22.7 Å². The van der Waals surface area contributed by atoms with Crippen molar-refractivity contribution in [1.29, 1.82) is 0 Å². The van der Waals surface area contributed by atoms with Gasteiger partial charge in [0.2, 0.25) is 0 Å². The van der Waals surface area contributed by atoms with E-state index in [2.05, 4.69) is 10.3 Å². The number of hydrogen-bond donors (Lipinski definition) is 1. The van der Waals surface area contributed by atoms with Crippen LogP contribution < -0.4 is 5.32 Å². The number of rotatable bonds is 5. The van der Waals surface area contributed by atoms with Crippen LogP contribution in [0.5, 0.6) is 0 Å². The fourth-order valence-corrected chi connectivity index (χ4v) is 4.56. The standard InChI is InChI=1S/C18H22N2O3S2/c21-16(19-13-7-4-2-1-3-5-8-13)11-23-18(22)14-12-25-17(20-14)15-9-6-10-24-15/h6,9-10,12-13H,1-5,7-8,11H2,(H,19,21). The summed E-state index contributed by atoms with van der Waals surface area (Å²) >= 11 is 2.97. The van der Waals surface area contributed by atoms with Crippen molar-refractivity contribution >= 4 is 34.6 Å². The second-order valence-electron chi connectivity index (χ2n) is 6.20. The average Bonchev–Trinajstić information content (AvgIpc) is 3.25. The summed E-state index contributed by atoms with van der Waals surface area (Å²) in [5.41, 5.74) is 0.257. The number of thiophene rings is 1. The first-order valence-electron chi connectivity index (χ1n) is 8.68. The number of hydrogen-bond acceptors (Lipinski definition) is 6. The molecule has 7 heteroatoms. The molecular formula is C18H22N2O3S2. The molecule has 0 spiro atoms. The number of carbonyl (C=O) groups excluding carboxylic acids is 2. The Bertz CT molecular complexity index is 689. The normalized spacial score (nSPS) is 16.0. The number of nitrogens with zero attached hydrogens (tertiary/aromatic N) is 1. The van der Waals surface area contributed by atoms with Gasteiger partial charge in [-0.2, -0.15) is 0 Å². The van der Waals surface area contributed by atoms with Crippen LogP contribution in [0, 0.1) is 0 Å². The summed E-state index contributed by atoms with van der Waals surface area (Å²) in [7, 11) is 0. The maximum Gasteiger partial charge on any atom is 0.358 e. The molecule has 25 heavy (non-hydrogen) atoms. The van der Waals surface area contributed by atoms with Crippen molar-refractivity contribution in [2.24, 2.45) is 0 Å². The van der Waals surface area contributed by atoms with Crippen LogP contribution in [0.4, 0.5) is 0 Å². The molecule has 2 heterocycles. The predicted octanol–water partition coefficient (Wildman–Crippen LogP) is 4.26. The van der Waals surface area contributed by atoms with Gasteiger partial charge < -0.3 is 10.1 Å². The molecule has 0 bridgehead atoms. The van der Waals surface area contributed by atoms with E-state index in [9.17, 15) is 9.59 Å². The molecule has 0 atom stereocenters. The van der Waals surface area contributed by atoms with Gasteiger partial charge >= 0.3 is 5.97 Å². The van der Waals surface area contributed by atoms with E-state index >= 15 is 0 Å². The zero-order valence-corrected chi connectivity index (χ0v) is 15.7. The second-order valence-corrected chi connectivity index (χ2v) is 8.01. The number of nitrogens with one attached hydrogen (secondary N) is 1. The van der Waals surface area contributed by atoms with Crippen molar-refractivity contribution in [2.75, 3.05) is 6.61 Å². The van der Waals surface area contributed by atoms with Crippen molar-refractivity contribution < 1.29 is 14.3 Å². The summed E-state index contributed by atoms with van der Waals surface area (Å²) in [4.78, 5) is 29.4. The van der Waals surface area contributed by atoms with Crippen LogP contribution in [-0.2, 0) is 9.53 Å². The molecule has 3 rings (SSSR count). The van der Waals surface area contributed by atoms with Crippen LogP contribution in [0.2, 0.25) is 0 Å². The Labute approximate surface area is 155 Å². The van der Waals surface area contributed by atoms with E-state index in [-0.39, 0.29) is 24.2 Å². The summed E-state index contributed by atoms with van der Waals surface area (Å²) in [5.74, 6) is -0.778. The highest BCUT2D eigenvalue weighted by molar-refractivity contribution is 7.20. The zero-order chi connectivity index (χ0) is 17.5. The predicted molar refractivity (Wildman–Crippen MR) is 100.0 cm³/mol. The zero-order valence-electron chi connectivity index (χ0n) is 14.0.